The standard InChI is InChI=1S/C13H21N3O2S2/c1-9-7-10(2)12(11(3)8-9)20(17,18)16(4)5-6-19-13(14)15/h7-8H,5-6H2,1-4H3,(H3,14,15). The summed E-state index contributed by atoms with van der Waals surface area (Å²) in [6, 6.07) is 3.75. The lowest BCUT2D eigenvalue weighted by Crippen LogP contribution is -2.30. The van der Waals surface area contributed by atoms with Gasteiger partial charge in [-0.05, 0) is 31.9 Å². The number of nitrogens with two attached hydrogens (primary N) is 1. The van der Waals surface area contributed by atoms with Gasteiger partial charge in [-0.1, -0.05) is 29.5 Å². The highest BCUT2D eigenvalue weighted by Gasteiger charge is 2.24. The molecule has 0 saturated heterocycles. The molecule has 3 N–H and O–H groups in total. The minimum atomic E-state index is -3.51. The van der Waals surface area contributed by atoms with E-state index in [0.717, 1.165) is 28.5 Å². The van der Waals surface area contributed by atoms with Crippen molar-refractivity contribution in [3.63, 3.8) is 0 Å². The molecule has 0 aliphatic rings. The minimum Gasteiger partial charge on any atom is -0.379 e. The zero-order valence-electron chi connectivity index (χ0n) is 12.2. The van der Waals surface area contributed by atoms with Crippen LogP contribution < -0.4 is 5.73 Å². The third-order valence-electron chi connectivity index (χ3n) is 2.94. The average molecular weight is 315 g/mol. The second kappa shape index (κ2) is 6.60. The molecule has 0 aliphatic heterocycles. The average Bonchev–Trinajstić information content (AvgIpc) is 2.26. The van der Waals surface area contributed by atoms with Crippen LogP contribution in [0.25, 0.3) is 0 Å². The fraction of sp³-hybridized carbons (Fsp3) is 0.462. The lowest BCUT2D eigenvalue weighted by molar-refractivity contribution is 0.487. The van der Waals surface area contributed by atoms with E-state index in [9.17, 15) is 8.42 Å². The largest absolute Gasteiger partial charge is 0.379 e. The zero-order valence-corrected chi connectivity index (χ0v) is 13.9. The van der Waals surface area contributed by atoms with Gasteiger partial charge in [0.1, 0.15) is 0 Å². The van der Waals surface area contributed by atoms with Crippen molar-refractivity contribution in [2.45, 2.75) is 25.7 Å². The molecule has 0 bridgehead atoms. The number of hydrogen-bond donors (Lipinski definition) is 2. The van der Waals surface area contributed by atoms with Gasteiger partial charge in [0.05, 0.1) is 4.90 Å². The summed E-state index contributed by atoms with van der Waals surface area (Å²) in [5, 5.41) is 7.12. The van der Waals surface area contributed by atoms with Crippen LogP contribution in [0.15, 0.2) is 17.0 Å². The molecule has 0 spiro atoms. The first-order valence-corrected chi connectivity index (χ1v) is 8.60. The highest BCUT2D eigenvalue weighted by atomic mass is 32.2. The SMILES string of the molecule is Cc1cc(C)c(S(=O)(=O)N(C)CCSC(=N)N)c(C)c1. The van der Waals surface area contributed by atoms with Crippen molar-refractivity contribution in [1.29, 1.82) is 5.41 Å². The van der Waals surface area contributed by atoms with Crippen LogP contribution in [0.3, 0.4) is 0 Å². The summed E-state index contributed by atoms with van der Waals surface area (Å²) in [7, 11) is -1.96. The summed E-state index contributed by atoms with van der Waals surface area (Å²) in [4.78, 5) is 0.374. The Bertz CT molecular complexity index is 589. The fourth-order valence-electron chi connectivity index (χ4n) is 2.13. The van der Waals surface area contributed by atoms with Gasteiger partial charge in [-0.3, -0.25) is 5.41 Å². The number of nitrogens with zero attached hydrogens (tertiary/aromatic N) is 1. The first kappa shape index (κ1) is 17.0. The van der Waals surface area contributed by atoms with E-state index < -0.39 is 10.0 Å². The molecule has 0 amide bonds. The van der Waals surface area contributed by atoms with Crippen LogP contribution in [-0.4, -0.2) is 37.2 Å². The Balaban J connectivity index is 3.02. The molecule has 112 valence electrons. The van der Waals surface area contributed by atoms with Gasteiger partial charge in [0, 0.05) is 19.3 Å². The van der Waals surface area contributed by atoms with Gasteiger partial charge in [0.25, 0.3) is 0 Å². The normalized spacial score (nSPS) is 11.8. The van der Waals surface area contributed by atoms with E-state index in [2.05, 4.69) is 0 Å². The smallest absolute Gasteiger partial charge is 0.243 e. The van der Waals surface area contributed by atoms with Gasteiger partial charge < -0.3 is 5.73 Å². The van der Waals surface area contributed by atoms with E-state index in [1.165, 1.54) is 4.31 Å². The second-order valence-corrected chi connectivity index (χ2v) is 7.89. The highest BCUT2D eigenvalue weighted by Crippen LogP contribution is 2.24. The Morgan fingerprint density at radius 1 is 1.30 bits per heavy atom. The van der Waals surface area contributed by atoms with Crippen molar-refractivity contribution in [3.8, 4) is 0 Å². The van der Waals surface area contributed by atoms with Gasteiger partial charge in [-0.15, -0.1) is 0 Å². The van der Waals surface area contributed by atoms with Gasteiger partial charge in [-0.2, -0.15) is 0 Å². The summed E-state index contributed by atoms with van der Waals surface area (Å²) in [5.74, 6) is 0.467. The molecule has 1 aromatic carbocycles. The third-order valence-corrected chi connectivity index (χ3v) is 5.80. The van der Waals surface area contributed by atoms with Crippen LogP contribution in [-0.2, 0) is 10.0 Å². The zero-order chi connectivity index (χ0) is 15.5. The van der Waals surface area contributed by atoms with E-state index in [1.54, 1.807) is 7.05 Å². The second-order valence-electron chi connectivity index (χ2n) is 4.77. The Hall–Kier alpha value is -1.05. The summed E-state index contributed by atoms with van der Waals surface area (Å²) >= 11 is 1.14. The van der Waals surface area contributed by atoms with E-state index in [-0.39, 0.29) is 5.17 Å². The number of hydrogen-bond acceptors (Lipinski definition) is 4. The van der Waals surface area contributed by atoms with Crippen molar-refractivity contribution in [2.24, 2.45) is 5.73 Å². The Labute approximate surface area is 125 Å². The van der Waals surface area contributed by atoms with E-state index >= 15 is 0 Å². The van der Waals surface area contributed by atoms with Crippen molar-refractivity contribution >= 4 is 27.0 Å². The van der Waals surface area contributed by atoms with Gasteiger partial charge in [0.2, 0.25) is 10.0 Å². The summed E-state index contributed by atoms with van der Waals surface area (Å²) in [5.41, 5.74) is 7.81. The number of rotatable bonds is 5. The first-order valence-electron chi connectivity index (χ1n) is 6.17. The van der Waals surface area contributed by atoms with Crippen LogP contribution in [0.5, 0.6) is 0 Å². The van der Waals surface area contributed by atoms with Crippen LogP contribution in [0.1, 0.15) is 16.7 Å². The highest BCUT2D eigenvalue weighted by molar-refractivity contribution is 8.13. The Morgan fingerprint density at radius 3 is 2.25 bits per heavy atom. The molecule has 0 fully saturated rings. The van der Waals surface area contributed by atoms with Crippen LogP contribution in [0, 0.1) is 26.2 Å². The summed E-state index contributed by atoms with van der Waals surface area (Å²) < 4.78 is 26.5. The predicted octanol–water partition coefficient (Wildman–Crippen LogP) is 1.86. The van der Waals surface area contributed by atoms with Crippen LogP contribution in [0.4, 0.5) is 0 Å². The molecule has 20 heavy (non-hydrogen) atoms. The molecular weight excluding hydrogens is 294 g/mol. The molecule has 0 atom stereocenters. The number of nitrogens with one attached hydrogen (secondary N) is 1. The van der Waals surface area contributed by atoms with Crippen LogP contribution in [0.2, 0.25) is 0 Å². The fourth-order valence-corrected chi connectivity index (χ4v) is 4.41. The molecule has 0 radical (unpaired) electrons. The molecular formula is C13H21N3O2S2. The third kappa shape index (κ3) is 3.97. The molecule has 1 rings (SSSR count). The van der Waals surface area contributed by atoms with E-state index in [4.69, 9.17) is 11.1 Å². The molecule has 5 nitrogen and oxygen atoms in total. The number of amidine groups is 1. The summed E-state index contributed by atoms with van der Waals surface area (Å²) in [6.07, 6.45) is 0. The predicted molar refractivity (Wildman–Crippen MR) is 84.8 cm³/mol. The van der Waals surface area contributed by atoms with Gasteiger partial charge in [0.15, 0.2) is 5.17 Å². The number of benzene rings is 1. The van der Waals surface area contributed by atoms with Gasteiger partial charge in [-0.25, -0.2) is 12.7 Å². The topological polar surface area (TPSA) is 87.2 Å². The monoisotopic (exact) mass is 315 g/mol. The number of sulfonamides is 1. The molecule has 7 heteroatoms. The molecule has 0 unspecified atom stereocenters. The van der Waals surface area contributed by atoms with Crippen molar-refractivity contribution in [2.75, 3.05) is 19.3 Å². The Morgan fingerprint density at radius 2 is 1.80 bits per heavy atom. The van der Waals surface area contributed by atoms with E-state index in [1.807, 2.05) is 32.9 Å². The van der Waals surface area contributed by atoms with Gasteiger partial charge >= 0.3 is 0 Å². The number of aryl methyl sites for hydroxylation is 3. The maximum atomic E-state index is 12.6. The lowest BCUT2D eigenvalue weighted by atomic mass is 10.1. The molecule has 0 aromatic heterocycles. The maximum Gasteiger partial charge on any atom is 0.243 e. The van der Waals surface area contributed by atoms with Crippen molar-refractivity contribution < 1.29 is 8.42 Å². The van der Waals surface area contributed by atoms with Crippen molar-refractivity contribution in [3.05, 3.63) is 28.8 Å². The Kier molecular flexibility index (Phi) is 5.61. The van der Waals surface area contributed by atoms with E-state index in [0.29, 0.717) is 17.2 Å². The molecule has 0 heterocycles. The number of thioether (sulfide) groups is 1. The molecule has 1 aromatic rings. The maximum absolute atomic E-state index is 12.6. The first-order chi connectivity index (χ1) is 9.16. The van der Waals surface area contributed by atoms with Crippen LogP contribution >= 0.6 is 11.8 Å². The minimum absolute atomic E-state index is 0.00139. The lowest BCUT2D eigenvalue weighted by Gasteiger charge is -2.20. The molecule has 0 saturated carbocycles. The summed E-state index contributed by atoms with van der Waals surface area (Å²) in [6.45, 7) is 5.89. The molecule has 0 aliphatic carbocycles. The quantitative estimate of drug-likeness (QED) is 0.641. The van der Waals surface area contributed by atoms with Crippen molar-refractivity contribution in [1.82, 2.24) is 4.31 Å².